The Labute approximate surface area is 100 Å². The second-order valence-corrected chi connectivity index (χ2v) is 5.21. The van der Waals surface area contributed by atoms with E-state index in [9.17, 15) is 10.1 Å². The minimum absolute atomic E-state index is 0.0795. The van der Waals surface area contributed by atoms with Crippen LogP contribution in [0.3, 0.4) is 0 Å². The number of fused-ring (bicyclic) bond motifs is 1. The lowest BCUT2D eigenvalue weighted by atomic mass is 10.2. The summed E-state index contributed by atoms with van der Waals surface area (Å²) < 4.78 is 2.06. The Balaban J connectivity index is 2.89. The van der Waals surface area contributed by atoms with Crippen molar-refractivity contribution in [3.8, 4) is 0 Å². The van der Waals surface area contributed by atoms with Gasteiger partial charge in [0.15, 0.2) is 0 Å². The molecule has 0 aliphatic carbocycles. The molecule has 0 aliphatic heterocycles. The van der Waals surface area contributed by atoms with Crippen LogP contribution in [-0.4, -0.2) is 4.92 Å². The average molecular weight is 337 g/mol. The van der Waals surface area contributed by atoms with Crippen molar-refractivity contribution in [1.82, 2.24) is 0 Å². The first-order valence-electron chi connectivity index (χ1n) is 3.61. The van der Waals surface area contributed by atoms with Gasteiger partial charge in [-0.1, -0.05) is 0 Å². The molecule has 3 nitrogen and oxygen atoms in total. The van der Waals surface area contributed by atoms with Crippen molar-refractivity contribution < 1.29 is 4.92 Å². The van der Waals surface area contributed by atoms with Crippen molar-refractivity contribution in [2.45, 2.75) is 0 Å². The lowest BCUT2D eigenvalue weighted by Crippen LogP contribution is -1.90. The third-order valence-electron chi connectivity index (χ3n) is 1.81. The number of halogens is 2. The number of rotatable bonds is 1. The van der Waals surface area contributed by atoms with Crippen LogP contribution in [0.1, 0.15) is 0 Å². The molecule has 0 radical (unpaired) electrons. The summed E-state index contributed by atoms with van der Waals surface area (Å²) in [5, 5.41) is 13.5. The molecule has 6 heteroatoms. The highest BCUT2D eigenvalue weighted by molar-refractivity contribution is 9.11. The lowest BCUT2D eigenvalue weighted by molar-refractivity contribution is -0.386. The van der Waals surface area contributed by atoms with Gasteiger partial charge in [0.2, 0.25) is 0 Å². The molecule has 0 spiro atoms. The van der Waals surface area contributed by atoms with Crippen molar-refractivity contribution in [3.63, 3.8) is 0 Å². The van der Waals surface area contributed by atoms with Crippen molar-refractivity contribution >= 4 is 59.0 Å². The third-order valence-corrected chi connectivity index (χ3v) is 4.08. The van der Waals surface area contributed by atoms with Gasteiger partial charge in [0.25, 0.3) is 5.69 Å². The zero-order valence-electron chi connectivity index (χ0n) is 6.66. The van der Waals surface area contributed by atoms with E-state index in [2.05, 4.69) is 31.9 Å². The Morgan fingerprint density at radius 3 is 2.79 bits per heavy atom. The maximum Gasteiger partial charge on any atom is 0.298 e. The third kappa shape index (κ3) is 1.47. The number of hydrogen-bond acceptors (Lipinski definition) is 3. The monoisotopic (exact) mass is 335 g/mol. The Kier molecular flexibility index (Phi) is 2.59. The van der Waals surface area contributed by atoms with Crippen LogP contribution < -0.4 is 0 Å². The summed E-state index contributed by atoms with van der Waals surface area (Å²) in [5.74, 6) is 0. The van der Waals surface area contributed by atoms with E-state index in [0.717, 1.165) is 10.1 Å². The van der Waals surface area contributed by atoms with Gasteiger partial charge in [-0.3, -0.25) is 10.1 Å². The minimum Gasteiger partial charge on any atom is -0.258 e. The SMILES string of the molecule is O=[N+]([O-])c1c(Br)cc2sccc2c1Br. The van der Waals surface area contributed by atoms with Crippen LogP contribution in [0.5, 0.6) is 0 Å². The summed E-state index contributed by atoms with van der Waals surface area (Å²) >= 11 is 7.99. The van der Waals surface area contributed by atoms with E-state index in [1.807, 2.05) is 11.4 Å². The van der Waals surface area contributed by atoms with Gasteiger partial charge in [0.05, 0.1) is 9.40 Å². The van der Waals surface area contributed by atoms with Crippen LogP contribution in [-0.2, 0) is 0 Å². The number of thiophene rings is 1. The van der Waals surface area contributed by atoms with E-state index in [-0.39, 0.29) is 5.69 Å². The molecule has 72 valence electrons. The molecule has 1 aromatic carbocycles. The van der Waals surface area contributed by atoms with Crippen molar-refractivity contribution in [1.29, 1.82) is 0 Å². The van der Waals surface area contributed by atoms with Crippen LogP contribution >= 0.6 is 43.2 Å². The predicted octanol–water partition coefficient (Wildman–Crippen LogP) is 4.33. The molecule has 0 amide bonds. The largest absolute Gasteiger partial charge is 0.298 e. The maximum absolute atomic E-state index is 10.8. The quantitative estimate of drug-likeness (QED) is 0.574. The van der Waals surface area contributed by atoms with Gasteiger partial charge in [-0.2, -0.15) is 0 Å². The van der Waals surface area contributed by atoms with Crippen molar-refractivity contribution in [2.24, 2.45) is 0 Å². The highest BCUT2D eigenvalue weighted by Crippen LogP contribution is 2.40. The first-order chi connectivity index (χ1) is 6.61. The highest BCUT2D eigenvalue weighted by Gasteiger charge is 2.20. The molecule has 0 saturated heterocycles. The molecule has 1 heterocycles. The second kappa shape index (κ2) is 3.60. The molecule has 1 aromatic heterocycles. The first-order valence-corrected chi connectivity index (χ1v) is 6.07. The minimum atomic E-state index is -0.398. The second-order valence-electron chi connectivity index (χ2n) is 2.61. The standard InChI is InChI=1S/C8H3Br2NO2S/c9-5-3-6-4(1-2-14-6)7(10)8(5)11(12)13/h1-3H. The Morgan fingerprint density at radius 2 is 2.14 bits per heavy atom. The normalized spacial score (nSPS) is 10.7. The molecule has 0 atom stereocenters. The molecule has 0 bridgehead atoms. The molecular formula is C8H3Br2NO2S. The number of hydrogen-bond donors (Lipinski definition) is 0. The molecule has 0 fully saturated rings. The molecule has 0 N–H and O–H groups in total. The number of nitro groups is 1. The zero-order valence-corrected chi connectivity index (χ0v) is 10.6. The predicted molar refractivity (Wildman–Crippen MR) is 63.9 cm³/mol. The molecule has 2 aromatic rings. The first kappa shape index (κ1) is 10.1. The number of benzene rings is 1. The van der Waals surface area contributed by atoms with E-state index in [4.69, 9.17) is 0 Å². The summed E-state index contributed by atoms with van der Waals surface area (Å²) in [6.07, 6.45) is 0. The molecule has 14 heavy (non-hydrogen) atoms. The molecule has 0 saturated carbocycles. The van der Waals surface area contributed by atoms with Crippen molar-refractivity contribution in [3.05, 3.63) is 36.6 Å². The van der Waals surface area contributed by atoms with Crippen LogP contribution in [0.25, 0.3) is 10.1 Å². The fraction of sp³-hybridized carbons (Fsp3) is 0. The molecule has 0 aliphatic rings. The Morgan fingerprint density at radius 1 is 1.43 bits per heavy atom. The van der Waals surface area contributed by atoms with Crippen LogP contribution in [0.2, 0.25) is 0 Å². The van der Waals surface area contributed by atoms with Gasteiger partial charge in [-0.05, 0) is 49.4 Å². The van der Waals surface area contributed by atoms with E-state index in [1.54, 1.807) is 17.4 Å². The van der Waals surface area contributed by atoms with Gasteiger partial charge in [0, 0.05) is 10.1 Å². The van der Waals surface area contributed by atoms with E-state index < -0.39 is 4.92 Å². The molecular weight excluding hydrogens is 334 g/mol. The fourth-order valence-electron chi connectivity index (χ4n) is 1.20. The summed E-state index contributed by atoms with van der Waals surface area (Å²) in [5.41, 5.74) is 0.0795. The smallest absolute Gasteiger partial charge is 0.258 e. The van der Waals surface area contributed by atoms with Gasteiger partial charge >= 0.3 is 0 Å². The van der Waals surface area contributed by atoms with Crippen LogP contribution in [0, 0.1) is 10.1 Å². The summed E-state index contributed by atoms with van der Waals surface area (Å²) in [7, 11) is 0. The van der Waals surface area contributed by atoms with Crippen LogP contribution in [0.4, 0.5) is 5.69 Å². The van der Waals surface area contributed by atoms with E-state index >= 15 is 0 Å². The number of nitrogens with zero attached hydrogens (tertiary/aromatic N) is 1. The van der Waals surface area contributed by atoms with Gasteiger partial charge in [-0.15, -0.1) is 11.3 Å². The summed E-state index contributed by atoms with van der Waals surface area (Å²) in [6, 6.07) is 3.63. The average Bonchev–Trinajstić information content (AvgIpc) is 2.50. The van der Waals surface area contributed by atoms with Crippen LogP contribution in [0.15, 0.2) is 26.5 Å². The summed E-state index contributed by atoms with van der Waals surface area (Å²) in [4.78, 5) is 10.4. The summed E-state index contributed by atoms with van der Waals surface area (Å²) in [6.45, 7) is 0. The Hall–Kier alpha value is -0.460. The molecule has 2 rings (SSSR count). The maximum atomic E-state index is 10.8. The number of nitro benzene ring substituents is 1. The van der Waals surface area contributed by atoms with Gasteiger partial charge < -0.3 is 0 Å². The van der Waals surface area contributed by atoms with Crippen molar-refractivity contribution in [2.75, 3.05) is 0 Å². The highest BCUT2D eigenvalue weighted by atomic mass is 79.9. The van der Waals surface area contributed by atoms with Gasteiger partial charge in [0.1, 0.15) is 4.47 Å². The Bertz CT molecular complexity index is 523. The molecule has 0 unspecified atom stereocenters. The van der Waals surface area contributed by atoms with E-state index in [1.165, 1.54) is 0 Å². The fourth-order valence-corrected chi connectivity index (χ4v) is 3.86. The lowest BCUT2D eigenvalue weighted by Gasteiger charge is -1.99. The van der Waals surface area contributed by atoms with E-state index in [0.29, 0.717) is 8.95 Å². The van der Waals surface area contributed by atoms with Gasteiger partial charge in [-0.25, -0.2) is 0 Å². The zero-order chi connectivity index (χ0) is 10.3. The topological polar surface area (TPSA) is 43.1 Å².